The zero-order valence-corrected chi connectivity index (χ0v) is 12.3. The Hall–Kier alpha value is -1.81. The number of rotatable bonds is 4. The third-order valence-corrected chi connectivity index (χ3v) is 3.86. The van der Waals surface area contributed by atoms with E-state index < -0.39 is 5.54 Å². The molecule has 0 radical (unpaired) electrons. The van der Waals surface area contributed by atoms with Gasteiger partial charge in [0.05, 0.1) is 14.2 Å². The fraction of sp³-hybridized carbons (Fsp3) is 0.438. The average Bonchev–Trinajstić information content (AvgIpc) is 2.49. The Kier molecular flexibility index (Phi) is 4.45. The highest BCUT2D eigenvalue weighted by atomic mass is 16.5. The summed E-state index contributed by atoms with van der Waals surface area (Å²) in [5, 5.41) is 0. The maximum Gasteiger partial charge on any atom is 0.326 e. The summed E-state index contributed by atoms with van der Waals surface area (Å²) in [7, 11) is 3.09. The number of carbonyl (C=O) groups excluding carboxylic acids is 1. The number of methoxy groups -OCH3 is 2. The second-order valence-corrected chi connectivity index (χ2v) is 5.17. The van der Waals surface area contributed by atoms with Gasteiger partial charge in [-0.2, -0.15) is 0 Å². The molecule has 1 atom stereocenters. The monoisotopic (exact) mass is 275 g/mol. The fourth-order valence-electron chi connectivity index (χ4n) is 2.47. The molecular formula is C16H21NO3. The van der Waals surface area contributed by atoms with Crippen molar-refractivity contribution in [2.75, 3.05) is 20.8 Å². The van der Waals surface area contributed by atoms with Crippen LogP contribution in [0.5, 0.6) is 5.75 Å². The van der Waals surface area contributed by atoms with E-state index in [4.69, 9.17) is 9.47 Å². The molecular weight excluding hydrogens is 254 g/mol. The molecule has 0 saturated heterocycles. The van der Waals surface area contributed by atoms with Crippen LogP contribution in [0.2, 0.25) is 0 Å². The number of carbonyl (C=O) groups is 1. The van der Waals surface area contributed by atoms with E-state index in [1.165, 1.54) is 7.11 Å². The fourth-order valence-corrected chi connectivity index (χ4v) is 2.47. The SMILES string of the molecule is COC(=O)[C@]1(C)CC=CCN1Cc1ccc(OC)cc1. The Balaban J connectivity index is 2.16. The van der Waals surface area contributed by atoms with E-state index >= 15 is 0 Å². The number of hydrogen-bond donors (Lipinski definition) is 0. The van der Waals surface area contributed by atoms with Gasteiger partial charge in [-0.1, -0.05) is 24.3 Å². The van der Waals surface area contributed by atoms with Gasteiger partial charge in [-0.3, -0.25) is 9.69 Å². The minimum Gasteiger partial charge on any atom is -0.497 e. The molecule has 0 unspecified atom stereocenters. The van der Waals surface area contributed by atoms with Crippen molar-refractivity contribution in [1.82, 2.24) is 4.90 Å². The van der Waals surface area contributed by atoms with Gasteiger partial charge in [-0.05, 0) is 31.0 Å². The van der Waals surface area contributed by atoms with Gasteiger partial charge < -0.3 is 9.47 Å². The normalized spacial score (nSPS) is 22.6. The summed E-state index contributed by atoms with van der Waals surface area (Å²) in [6.45, 7) is 3.39. The molecule has 108 valence electrons. The molecule has 0 amide bonds. The number of esters is 1. The summed E-state index contributed by atoms with van der Waals surface area (Å²) in [6.07, 6.45) is 4.81. The van der Waals surface area contributed by atoms with Gasteiger partial charge in [0, 0.05) is 13.1 Å². The van der Waals surface area contributed by atoms with E-state index in [9.17, 15) is 4.79 Å². The Labute approximate surface area is 120 Å². The molecule has 1 aliphatic rings. The van der Waals surface area contributed by atoms with Crippen molar-refractivity contribution in [1.29, 1.82) is 0 Å². The summed E-state index contributed by atoms with van der Waals surface area (Å²) in [5.74, 6) is 0.651. The van der Waals surface area contributed by atoms with E-state index in [1.54, 1.807) is 7.11 Å². The summed E-state index contributed by atoms with van der Waals surface area (Å²) in [4.78, 5) is 14.2. The zero-order chi connectivity index (χ0) is 14.6. The number of nitrogens with zero attached hydrogens (tertiary/aromatic N) is 1. The summed E-state index contributed by atoms with van der Waals surface area (Å²) in [6, 6.07) is 7.92. The smallest absolute Gasteiger partial charge is 0.326 e. The maximum atomic E-state index is 12.1. The molecule has 2 rings (SSSR count). The second-order valence-electron chi connectivity index (χ2n) is 5.17. The lowest BCUT2D eigenvalue weighted by molar-refractivity contribution is -0.154. The van der Waals surface area contributed by atoms with E-state index in [-0.39, 0.29) is 5.97 Å². The molecule has 0 bridgehead atoms. The van der Waals surface area contributed by atoms with Gasteiger partial charge >= 0.3 is 5.97 Å². The van der Waals surface area contributed by atoms with Gasteiger partial charge in [-0.15, -0.1) is 0 Å². The van der Waals surface area contributed by atoms with E-state index in [2.05, 4.69) is 11.0 Å². The molecule has 0 aromatic heterocycles. The minimum atomic E-state index is -0.594. The van der Waals surface area contributed by atoms with Crippen molar-refractivity contribution in [3.8, 4) is 5.75 Å². The van der Waals surface area contributed by atoms with E-state index in [0.29, 0.717) is 13.0 Å². The maximum absolute atomic E-state index is 12.1. The second kappa shape index (κ2) is 6.09. The molecule has 20 heavy (non-hydrogen) atoms. The molecule has 0 spiro atoms. The molecule has 1 aromatic carbocycles. The summed E-state index contributed by atoms with van der Waals surface area (Å²) in [5.41, 5.74) is 0.555. The van der Waals surface area contributed by atoms with Gasteiger partial charge in [0.25, 0.3) is 0 Å². The molecule has 4 heteroatoms. The van der Waals surface area contributed by atoms with Crippen LogP contribution in [0.15, 0.2) is 36.4 Å². The lowest BCUT2D eigenvalue weighted by atomic mass is 9.91. The first-order chi connectivity index (χ1) is 9.60. The van der Waals surface area contributed by atoms with Crippen molar-refractivity contribution in [2.45, 2.75) is 25.4 Å². The predicted octanol–water partition coefficient (Wildman–Crippen LogP) is 2.39. The van der Waals surface area contributed by atoms with Crippen molar-refractivity contribution >= 4 is 5.97 Å². The molecule has 1 heterocycles. The van der Waals surface area contributed by atoms with Gasteiger partial charge in [0.2, 0.25) is 0 Å². The van der Waals surface area contributed by atoms with Crippen molar-refractivity contribution in [3.05, 3.63) is 42.0 Å². The lowest BCUT2D eigenvalue weighted by Gasteiger charge is -2.40. The number of ether oxygens (including phenoxy) is 2. The average molecular weight is 275 g/mol. The Morgan fingerprint density at radius 3 is 2.55 bits per heavy atom. The van der Waals surface area contributed by atoms with Crippen LogP contribution in [0, 0.1) is 0 Å². The van der Waals surface area contributed by atoms with Gasteiger partial charge in [0.15, 0.2) is 0 Å². The Bertz CT molecular complexity index is 495. The third kappa shape index (κ3) is 2.85. The molecule has 1 aliphatic heterocycles. The molecule has 1 aromatic rings. The first-order valence-corrected chi connectivity index (χ1v) is 6.71. The van der Waals surface area contributed by atoms with Crippen LogP contribution in [0.1, 0.15) is 18.9 Å². The third-order valence-electron chi connectivity index (χ3n) is 3.86. The highest BCUT2D eigenvalue weighted by Gasteiger charge is 2.40. The largest absolute Gasteiger partial charge is 0.497 e. The predicted molar refractivity (Wildman–Crippen MR) is 77.6 cm³/mol. The van der Waals surface area contributed by atoms with Gasteiger partial charge in [0.1, 0.15) is 11.3 Å². The first-order valence-electron chi connectivity index (χ1n) is 6.71. The standard InChI is InChI=1S/C16H21NO3/c1-16(15(18)20-3)10-4-5-11-17(16)12-13-6-8-14(19-2)9-7-13/h4-9H,10-12H2,1-3H3/t16-/m0/s1. The highest BCUT2D eigenvalue weighted by Crippen LogP contribution is 2.27. The zero-order valence-electron chi connectivity index (χ0n) is 12.3. The Morgan fingerprint density at radius 2 is 1.95 bits per heavy atom. The topological polar surface area (TPSA) is 38.8 Å². The molecule has 0 N–H and O–H groups in total. The molecule has 0 saturated carbocycles. The highest BCUT2D eigenvalue weighted by molar-refractivity contribution is 5.80. The molecule has 0 aliphatic carbocycles. The summed E-state index contributed by atoms with van der Waals surface area (Å²) < 4.78 is 10.1. The summed E-state index contributed by atoms with van der Waals surface area (Å²) >= 11 is 0. The van der Waals surface area contributed by atoms with E-state index in [0.717, 1.165) is 17.9 Å². The van der Waals surface area contributed by atoms with Gasteiger partial charge in [-0.25, -0.2) is 0 Å². The van der Waals surface area contributed by atoms with Crippen molar-refractivity contribution in [3.63, 3.8) is 0 Å². The van der Waals surface area contributed by atoms with E-state index in [1.807, 2.05) is 37.3 Å². The van der Waals surface area contributed by atoms with Crippen LogP contribution in [0.4, 0.5) is 0 Å². The Morgan fingerprint density at radius 1 is 1.25 bits per heavy atom. The molecule has 0 fully saturated rings. The van der Waals surface area contributed by atoms with Crippen LogP contribution >= 0.6 is 0 Å². The number of hydrogen-bond acceptors (Lipinski definition) is 4. The van der Waals surface area contributed by atoms with Crippen LogP contribution in [-0.4, -0.2) is 37.2 Å². The lowest BCUT2D eigenvalue weighted by Crippen LogP contribution is -2.53. The van der Waals surface area contributed by atoms with Crippen LogP contribution in [-0.2, 0) is 16.1 Å². The van der Waals surface area contributed by atoms with Crippen LogP contribution in [0.25, 0.3) is 0 Å². The number of benzene rings is 1. The minimum absolute atomic E-state index is 0.185. The van der Waals surface area contributed by atoms with Crippen molar-refractivity contribution < 1.29 is 14.3 Å². The van der Waals surface area contributed by atoms with Crippen LogP contribution < -0.4 is 4.74 Å². The quantitative estimate of drug-likeness (QED) is 0.625. The molecule has 4 nitrogen and oxygen atoms in total. The van der Waals surface area contributed by atoms with Crippen molar-refractivity contribution in [2.24, 2.45) is 0 Å². The van der Waals surface area contributed by atoms with Crippen LogP contribution in [0.3, 0.4) is 0 Å². The first kappa shape index (κ1) is 14.6.